The Bertz CT molecular complexity index is 381. The molecule has 1 unspecified atom stereocenters. The van der Waals surface area contributed by atoms with E-state index in [1.54, 1.807) is 6.92 Å². The molecule has 0 saturated carbocycles. The summed E-state index contributed by atoms with van der Waals surface area (Å²) in [6.07, 6.45) is 4.02. The molecule has 2 fully saturated rings. The first kappa shape index (κ1) is 16.3. The Morgan fingerprint density at radius 3 is 2.38 bits per heavy atom. The molecule has 2 saturated heterocycles. The Morgan fingerprint density at radius 1 is 1.19 bits per heavy atom. The fraction of sp³-hybridized carbons (Fsp3) is 0.875. The highest BCUT2D eigenvalue weighted by Gasteiger charge is 2.40. The van der Waals surface area contributed by atoms with Crippen LogP contribution in [0.2, 0.25) is 0 Å². The molecule has 5 heteroatoms. The molecule has 0 radical (unpaired) electrons. The van der Waals surface area contributed by atoms with Gasteiger partial charge in [-0.3, -0.25) is 9.59 Å². The lowest BCUT2D eigenvalue weighted by Crippen LogP contribution is -2.53. The van der Waals surface area contributed by atoms with Gasteiger partial charge in [-0.2, -0.15) is 0 Å². The van der Waals surface area contributed by atoms with Gasteiger partial charge in [-0.05, 0) is 44.7 Å². The van der Waals surface area contributed by atoms with Crippen LogP contribution >= 0.6 is 0 Å². The van der Waals surface area contributed by atoms with E-state index >= 15 is 0 Å². The molecule has 2 aliphatic heterocycles. The Kier molecular flexibility index (Phi) is 5.25. The van der Waals surface area contributed by atoms with Crippen molar-refractivity contribution in [2.75, 3.05) is 26.2 Å². The number of carbonyl (C=O) groups is 2. The number of amides is 2. The summed E-state index contributed by atoms with van der Waals surface area (Å²) in [7, 11) is 0. The van der Waals surface area contributed by atoms with E-state index < -0.39 is 0 Å². The van der Waals surface area contributed by atoms with Gasteiger partial charge in [0, 0.05) is 31.5 Å². The van der Waals surface area contributed by atoms with Gasteiger partial charge in [0.2, 0.25) is 11.8 Å². The van der Waals surface area contributed by atoms with E-state index in [1.807, 2.05) is 4.90 Å². The van der Waals surface area contributed by atoms with Crippen LogP contribution in [0.25, 0.3) is 0 Å². The van der Waals surface area contributed by atoms with Gasteiger partial charge in [0.05, 0.1) is 0 Å². The summed E-state index contributed by atoms with van der Waals surface area (Å²) in [4.78, 5) is 25.9. The van der Waals surface area contributed by atoms with Crippen LogP contribution in [0, 0.1) is 11.3 Å². The van der Waals surface area contributed by atoms with E-state index in [4.69, 9.17) is 0 Å². The first-order valence-corrected chi connectivity index (χ1v) is 8.18. The molecular weight excluding hydrogens is 266 g/mol. The third-order valence-corrected chi connectivity index (χ3v) is 5.06. The van der Waals surface area contributed by atoms with Gasteiger partial charge >= 0.3 is 0 Å². The maximum absolute atomic E-state index is 12.9. The summed E-state index contributed by atoms with van der Waals surface area (Å²) in [5.41, 5.74) is -0.297. The summed E-state index contributed by atoms with van der Waals surface area (Å²) in [5.74, 6) is 0.720. The van der Waals surface area contributed by atoms with Crippen LogP contribution in [0.3, 0.4) is 0 Å². The lowest BCUT2D eigenvalue weighted by molar-refractivity contribution is -0.145. The lowest BCUT2D eigenvalue weighted by Gasteiger charge is -2.41. The number of piperidine rings is 2. The molecule has 2 heterocycles. The summed E-state index contributed by atoms with van der Waals surface area (Å²) in [5, 5.41) is 6.37. The smallest absolute Gasteiger partial charge is 0.228 e. The SMILES string of the molecule is CC(=O)NC1CCN(C(=O)C(C)(C)C2CCCNC2)CC1. The van der Waals surface area contributed by atoms with Crippen molar-refractivity contribution in [2.24, 2.45) is 11.3 Å². The molecule has 0 bridgehead atoms. The van der Waals surface area contributed by atoms with E-state index in [0.29, 0.717) is 5.92 Å². The van der Waals surface area contributed by atoms with Gasteiger partial charge in [-0.25, -0.2) is 0 Å². The molecule has 2 rings (SSSR count). The summed E-state index contributed by atoms with van der Waals surface area (Å²) in [6, 6.07) is 0.228. The van der Waals surface area contributed by atoms with Gasteiger partial charge in [0.1, 0.15) is 0 Å². The molecule has 0 aromatic carbocycles. The number of hydrogen-bond acceptors (Lipinski definition) is 3. The maximum atomic E-state index is 12.9. The highest BCUT2D eigenvalue weighted by Crippen LogP contribution is 2.34. The van der Waals surface area contributed by atoms with Gasteiger partial charge in [0.25, 0.3) is 0 Å². The minimum atomic E-state index is -0.297. The lowest BCUT2D eigenvalue weighted by atomic mass is 9.73. The van der Waals surface area contributed by atoms with Crippen LogP contribution in [-0.4, -0.2) is 48.9 Å². The maximum Gasteiger partial charge on any atom is 0.228 e. The first-order chi connectivity index (χ1) is 9.91. The van der Waals surface area contributed by atoms with E-state index in [0.717, 1.165) is 51.9 Å². The zero-order valence-electron chi connectivity index (χ0n) is 13.6. The van der Waals surface area contributed by atoms with Gasteiger partial charge in [0.15, 0.2) is 0 Å². The second-order valence-electron chi connectivity index (χ2n) is 7.03. The largest absolute Gasteiger partial charge is 0.353 e. The van der Waals surface area contributed by atoms with Crippen molar-refractivity contribution in [3.63, 3.8) is 0 Å². The minimum absolute atomic E-state index is 0.0217. The van der Waals surface area contributed by atoms with Crippen molar-refractivity contribution in [2.45, 2.75) is 52.5 Å². The molecular formula is C16H29N3O2. The summed E-state index contributed by atoms with van der Waals surface area (Å²) < 4.78 is 0. The van der Waals surface area contributed by atoms with E-state index in [1.165, 1.54) is 0 Å². The van der Waals surface area contributed by atoms with Gasteiger partial charge in [-0.1, -0.05) is 13.8 Å². The average Bonchev–Trinajstić information content (AvgIpc) is 2.47. The molecule has 1 atom stereocenters. The predicted molar refractivity (Wildman–Crippen MR) is 82.8 cm³/mol. The van der Waals surface area contributed by atoms with Crippen molar-refractivity contribution >= 4 is 11.8 Å². The van der Waals surface area contributed by atoms with Crippen molar-refractivity contribution in [3.05, 3.63) is 0 Å². The summed E-state index contributed by atoms with van der Waals surface area (Å²) in [6.45, 7) is 9.27. The topological polar surface area (TPSA) is 61.4 Å². The van der Waals surface area contributed by atoms with E-state index in [2.05, 4.69) is 24.5 Å². The summed E-state index contributed by atoms with van der Waals surface area (Å²) >= 11 is 0. The van der Waals surface area contributed by atoms with Crippen LogP contribution < -0.4 is 10.6 Å². The van der Waals surface area contributed by atoms with E-state index in [9.17, 15) is 9.59 Å². The highest BCUT2D eigenvalue weighted by atomic mass is 16.2. The van der Waals surface area contributed by atoms with Crippen LogP contribution in [0.4, 0.5) is 0 Å². The fourth-order valence-electron chi connectivity index (χ4n) is 3.56. The third-order valence-electron chi connectivity index (χ3n) is 5.06. The Labute approximate surface area is 127 Å². The second kappa shape index (κ2) is 6.77. The molecule has 5 nitrogen and oxygen atoms in total. The third kappa shape index (κ3) is 3.96. The van der Waals surface area contributed by atoms with Crippen molar-refractivity contribution < 1.29 is 9.59 Å². The standard InChI is InChI=1S/C16H29N3O2/c1-12(20)18-14-6-9-19(10-7-14)15(21)16(2,3)13-5-4-8-17-11-13/h13-14,17H,4-11H2,1-3H3,(H,18,20). The van der Waals surface area contributed by atoms with Crippen LogP contribution in [0.1, 0.15) is 46.5 Å². The molecule has 2 aliphatic rings. The minimum Gasteiger partial charge on any atom is -0.353 e. The Morgan fingerprint density at radius 2 is 1.86 bits per heavy atom. The number of hydrogen-bond donors (Lipinski definition) is 2. The monoisotopic (exact) mass is 295 g/mol. The van der Waals surface area contributed by atoms with Crippen LogP contribution in [-0.2, 0) is 9.59 Å². The number of likely N-dealkylation sites (tertiary alicyclic amines) is 1. The fourth-order valence-corrected chi connectivity index (χ4v) is 3.56. The van der Waals surface area contributed by atoms with E-state index in [-0.39, 0.29) is 23.3 Å². The molecule has 0 spiro atoms. The number of nitrogens with zero attached hydrogens (tertiary/aromatic N) is 1. The molecule has 2 amide bonds. The average molecular weight is 295 g/mol. The zero-order valence-corrected chi connectivity index (χ0v) is 13.6. The first-order valence-electron chi connectivity index (χ1n) is 8.18. The zero-order chi connectivity index (χ0) is 15.5. The molecule has 0 aromatic rings. The highest BCUT2D eigenvalue weighted by molar-refractivity contribution is 5.82. The molecule has 0 aromatic heterocycles. The number of rotatable bonds is 3. The van der Waals surface area contributed by atoms with Crippen LogP contribution in [0.15, 0.2) is 0 Å². The van der Waals surface area contributed by atoms with Gasteiger partial charge < -0.3 is 15.5 Å². The predicted octanol–water partition coefficient (Wildman–Crippen LogP) is 1.14. The number of nitrogens with one attached hydrogen (secondary N) is 2. The Hall–Kier alpha value is -1.10. The normalized spacial score (nSPS) is 24.7. The Balaban J connectivity index is 1.89. The van der Waals surface area contributed by atoms with Crippen LogP contribution in [0.5, 0.6) is 0 Å². The van der Waals surface area contributed by atoms with Crippen molar-refractivity contribution in [3.8, 4) is 0 Å². The quantitative estimate of drug-likeness (QED) is 0.821. The molecule has 120 valence electrons. The molecule has 21 heavy (non-hydrogen) atoms. The second-order valence-corrected chi connectivity index (χ2v) is 7.03. The van der Waals surface area contributed by atoms with Gasteiger partial charge in [-0.15, -0.1) is 0 Å². The molecule has 0 aliphatic carbocycles. The van der Waals surface area contributed by atoms with Crippen molar-refractivity contribution in [1.29, 1.82) is 0 Å². The molecule has 2 N–H and O–H groups in total. The number of carbonyl (C=O) groups excluding carboxylic acids is 2. The van der Waals surface area contributed by atoms with Crippen molar-refractivity contribution in [1.82, 2.24) is 15.5 Å².